The summed E-state index contributed by atoms with van der Waals surface area (Å²) in [4.78, 5) is 0. The van der Waals surface area contributed by atoms with Crippen LogP contribution in [0.3, 0.4) is 0 Å². The second-order valence-electron chi connectivity index (χ2n) is 5.65. The van der Waals surface area contributed by atoms with Crippen LogP contribution in [0.4, 0.5) is 0 Å². The van der Waals surface area contributed by atoms with E-state index in [4.69, 9.17) is 5.11 Å². The zero-order valence-electron chi connectivity index (χ0n) is 11.1. The van der Waals surface area contributed by atoms with Gasteiger partial charge in [0.2, 0.25) is 0 Å². The van der Waals surface area contributed by atoms with E-state index in [1.165, 1.54) is 38.5 Å². The molecular weight excluding hydrogens is 184 g/mol. The van der Waals surface area contributed by atoms with Gasteiger partial charge in [0.1, 0.15) is 0 Å². The lowest BCUT2D eigenvalue weighted by Gasteiger charge is -2.13. The molecule has 15 heavy (non-hydrogen) atoms. The lowest BCUT2D eigenvalue weighted by Crippen LogP contribution is -2.02. The SMILES string of the molecule is CC(C)CCC[C@H](C)CCC[C@@H](C)CO. The third-order valence-corrected chi connectivity index (χ3v) is 3.18. The van der Waals surface area contributed by atoms with E-state index >= 15 is 0 Å². The highest BCUT2D eigenvalue weighted by Crippen LogP contribution is 2.18. The zero-order chi connectivity index (χ0) is 11.7. The molecule has 1 nitrogen and oxygen atoms in total. The van der Waals surface area contributed by atoms with Crippen molar-refractivity contribution in [2.45, 2.75) is 66.2 Å². The van der Waals surface area contributed by atoms with E-state index < -0.39 is 0 Å². The molecule has 0 rings (SSSR count). The van der Waals surface area contributed by atoms with Gasteiger partial charge in [-0.3, -0.25) is 0 Å². The molecule has 0 fully saturated rings. The van der Waals surface area contributed by atoms with Gasteiger partial charge in [-0.05, 0) is 24.2 Å². The Hall–Kier alpha value is -0.0400. The van der Waals surface area contributed by atoms with Crippen molar-refractivity contribution in [1.29, 1.82) is 0 Å². The minimum Gasteiger partial charge on any atom is -0.396 e. The lowest BCUT2D eigenvalue weighted by molar-refractivity contribution is 0.225. The van der Waals surface area contributed by atoms with Crippen molar-refractivity contribution in [3.05, 3.63) is 0 Å². The average molecular weight is 214 g/mol. The Kier molecular flexibility index (Phi) is 9.18. The molecule has 2 atom stereocenters. The molecular formula is C14H30O. The minimum atomic E-state index is 0.349. The van der Waals surface area contributed by atoms with E-state index in [2.05, 4.69) is 27.7 Å². The van der Waals surface area contributed by atoms with Crippen LogP contribution in [-0.4, -0.2) is 11.7 Å². The molecule has 0 aromatic rings. The standard InChI is InChI=1S/C14H30O/c1-12(2)7-5-8-13(3)9-6-10-14(4)11-15/h12-15H,5-11H2,1-4H3/t13-,14+/m0/s1. The van der Waals surface area contributed by atoms with E-state index in [-0.39, 0.29) is 0 Å². The van der Waals surface area contributed by atoms with Crippen molar-refractivity contribution >= 4 is 0 Å². The third kappa shape index (κ3) is 10.2. The fraction of sp³-hybridized carbons (Fsp3) is 1.00. The first-order chi connectivity index (χ1) is 7.06. The van der Waals surface area contributed by atoms with Gasteiger partial charge in [-0.25, -0.2) is 0 Å². The number of aliphatic hydroxyl groups is 1. The van der Waals surface area contributed by atoms with Crippen molar-refractivity contribution in [2.75, 3.05) is 6.61 Å². The number of hydrogen-bond donors (Lipinski definition) is 1. The molecule has 1 N–H and O–H groups in total. The zero-order valence-corrected chi connectivity index (χ0v) is 11.1. The number of aliphatic hydroxyl groups excluding tert-OH is 1. The molecule has 0 unspecified atom stereocenters. The quantitative estimate of drug-likeness (QED) is 0.608. The van der Waals surface area contributed by atoms with Crippen LogP contribution in [-0.2, 0) is 0 Å². The van der Waals surface area contributed by atoms with Gasteiger partial charge in [-0.2, -0.15) is 0 Å². The maximum atomic E-state index is 8.90. The molecule has 0 bridgehead atoms. The molecule has 0 aliphatic carbocycles. The average Bonchev–Trinajstić information content (AvgIpc) is 2.17. The van der Waals surface area contributed by atoms with E-state index in [0.29, 0.717) is 12.5 Å². The normalized spacial score (nSPS) is 15.6. The van der Waals surface area contributed by atoms with E-state index in [0.717, 1.165) is 11.8 Å². The van der Waals surface area contributed by atoms with Crippen LogP contribution in [0, 0.1) is 17.8 Å². The minimum absolute atomic E-state index is 0.349. The fourth-order valence-electron chi connectivity index (χ4n) is 1.92. The first-order valence-corrected chi connectivity index (χ1v) is 6.67. The molecule has 0 aromatic carbocycles. The predicted octanol–water partition coefficient (Wildman–Crippen LogP) is 4.25. The maximum Gasteiger partial charge on any atom is 0.0456 e. The first kappa shape index (κ1) is 15.0. The third-order valence-electron chi connectivity index (χ3n) is 3.18. The summed E-state index contributed by atoms with van der Waals surface area (Å²) in [5.74, 6) is 2.22. The summed E-state index contributed by atoms with van der Waals surface area (Å²) in [6.07, 6.45) is 7.94. The first-order valence-electron chi connectivity index (χ1n) is 6.67. The van der Waals surface area contributed by atoms with Crippen LogP contribution in [0.1, 0.15) is 66.2 Å². The Labute approximate surface area is 96.3 Å². The largest absolute Gasteiger partial charge is 0.396 e. The summed E-state index contributed by atoms with van der Waals surface area (Å²) < 4.78 is 0. The van der Waals surface area contributed by atoms with Gasteiger partial charge >= 0.3 is 0 Å². The summed E-state index contributed by atoms with van der Waals surface area (Å²) in [6.45, 7) is 9.44. The summed E-state index contributed by atoms with van der Waals surface area (Å²) in [7, 11) is 0. The smallest absolute Gasteiger partial charge is 0.0456 e. The van der Waals surface area contributed by atoms with Gasteiger partial charge in [0, 0.05) is 6.61 Å². The van der Waals surface area contributed by atoms with Gasteiger partial charge in [-0.15, -0.1) is 0 Å². The number of rotatable bonds is 9. The van der Waals surface area contributed by atoms with E-state index in [9.17, 15) is 0 Å². The highest BCUT2D eigenvalue weighted by Gasteiger charge is 2.05. The Balaban J connectivity index is 3.29. The molecule has 0 spiro atoms. The van der Waals surface area contributed by atoms with Crippen LogP contribution < -0.4 is 0 Å². The highest BCUT2D eigenvalue weighted by molar-refractivity contribution is 4.58. The molecule has 1 heteroatoms. The molecule has 0 aliphatic heterocycles. The van der Waals surface area contributed by atoms with Crippen LogP contribution in [0.15, 0.2) is 0 Å². The number of hydrogen-bond acceptors (Lipinski definition) is 1. The highest BCUT2D eigenvalue weighted by atomic mass is 16.3. The van der Waals surface area contributed by atoms with Gasteiger partial charge in [0.25, 0.3) is 0 Å². The fourth-order valence-corrected chi connectivity index (χ4v) is 1.92. The summed E-state index contributed by atoms with van der Waals surface area (Å²) >= 11 is 0. The van der Waals surface area contributed by atoms with Crippen molar-refractivity contribution < 1.29 is 5.11 Å². The van der Waals surface area contributed by atoms with Gasteiger partial charge in [-0.1, -0.05) is 59.8 Å². The molecule has 92 valence electrons. The predicted molar refractivity (Wildman–Crippen MR) is 68.0 cm³/mol. The van der Waals surface area contributed by atoms with Crippen LogP contribution in [0.2, 0.25) is 0 Å². The monoisotopic (exact) mass is 214 g/mol. The Morgan fingerprint density at radius 2 is 1.20 bits per heavy atom. The Morgan fingerprint density at radius 1 is 0.733 bits per heavy atom. The molecule has 0 heterocycles. The second kappa shape index (κ2) is 9.21. The van der Waals surface area contributed by atoms with Crippen molar-refractivity contribution in [1.82, 2.24) is 0 Å². The van der Waals surface area contributed by atoms with E-state index in [1.807, 2.05) is 0 Å². The summed E-state index contributed by atoms with van der Waals surface area (Å²) in [6, 6.07) is 0. The van der Waals surface area contributed by atoms with Crippen molar-refractivity contribution in [3.63, 3.8) is 0 Å². The van der Waals surface area contributed by atoms with Crippen molar-refractivity contribution in [3.8, 4) is 0 Å². The van der Waals surface area contributed by atoms with Crippen LogP contribution in [0.25, 0.3) is 0 Å². The van der Waals surface area contributed by atoms with Crippen LogP contribution in [0.5, 0.6) is 0 Å². The second-order valence-corrected chi connectivity index (χ2v) is 5.65. The van der Waals surface area contributed by atoms with Crippen LogP contribution >= 0.6 is 0 Å². The molecule has 0 amide bonds. The summed E-state index contributed by atoms with van der Waals surface area (Å²) in [5.41, 5.74) is 0. The Morgan fingerprint density at radius 3 is 1.67 bits per heavy atom. The van der Waals surface area contributed by atoms with E-state index in [1.54, 1.807) is 0 Å². The Bertz CT molecular complexity index is 131. The van der Waals surface area contributed by atoms with Gasteiger partial charge in [0.15, 0.2) is 0 Å². The molecule has 0 radical (unpaired) electrons. The molecule has 0 saturated heterocycles. The molecule has 0 aliphatic rings. The lowest BCUT2D eigenvalue weighted by atomic mass is 9.94. The van der Waals surface area contributed by atoms with Gasteiger partial charge in [0.05, 0.1) is 0 Å². The maximum absolute atomic E-state index is 8.90. The van der Waals surface area contributed by atoms with Gasteiger partial charge < -0.3 is 5.11 Å². The van der Waals surface area contributed by atoms with Crippen molar-refractivity contribution in [2.24, 2.45) is 17.8 Å². The topological polar surface area (TPSA) is 20.2 Å². The molecule has 0 saturated carbocycles. The summed E-state index contributed by atoms with van der Waals surface area (Å²) in [5, 5.41) is 8.90. The molecule has 0 aromatic heterocycles.